The summed E-state index contributed by atoms with van der Waals surface area (Å²) in [6, 6.07) is 7.58. The molecule has 2 heterocycles. The van der Waals surface area contributed by atoms with Crippen LogP contribution in [0.25, 0.3) is 10.2 Å². The number of nitrogens with one attached hydrogen (secondary N) is 1. The molecule has 0 fully saturated rings. The normalized spacial score (nSPS) is 10.8. The third-order valence-corrected chi connectivity index (χ3v) is 5.15. The molecule has 3 rings (SSSR count). The predicted octanol–water partition coefficient (Wildman–Crippen LogP) is 3.83. The van der Waals surface area contributed by atoms with Crippen LogP contribution in [0.1, 0.15) is 17.8 Å². The van der Waals surface area contributed by atoms with Crippen molar-refractivity contribution in [3.05, 3.63) is 35.7 Å². The lowest BCUT2D eigenvalue weighted by Gasteiger charge is -2.03. The van der Waals surface area contributed by atoms with Crippen molar-refractivity contribution in [2.45, 2.75) is 25.4 Å². The van der Waals surface area contributed by atoms with Gasteiger partial charge in [-0.05, 0) is 38.1 Å². The van der Waals surface area contributed by atoms with E-state index in [4.69, 9.17) is 4.74 Å². The fourth-order valence-corrected chi connectivity index (χ4v) is 4.06. The Morgan fingerprint density at radius 2 is 1.96 bits per heavy atom. The summed E-state index contributed by atoms with van der Waals surface area (Å²) in [4.78, 5) is 25.2. The summed E-state index contributed by atoms with van der Waals surface area (Å²) in [5.74, 6) is 1.33. The molecule has 25 heavy (non-hydrogen) atoms. The molecule has 0 saturated heterocycles. The number of nitrogens with zero attached hydrogens (tertiary/aromatic N) is 3. The van der Waals surface area contributed by atoms with Gasteiger partial charge in [-0.2, -0.15) is 0 Å². The minimum atomic E-state index is -0.0668. The molecule has 0 atom stereocenters. The van der Waals surface area contributed by atoms with Crippen LogP contribution in [0.3, 0.4) is 0 Å². The van der Waals surface area contributed by atoms with E-state index in [0.717, 1.165) is 27.4 Å². The fraction of sp³-hybridized carbons (Fsp3) is 0.294. The molecular weight excluding hydrogens is 356 g/mol. The van der Waals surface area contributed by atoms with Gasteiger partial charge in [-0.3, -0.25) is 4.79 Å². The van der Waals surface area contributed by atoms with Crippen LogP contribution in [0.15, 0.2) is 29.4 Å². The van der Waals surface area contributed by atoms with E-state index in [1.54, 1.807) is 7.11 Å². The maximum Gasteiger partial charge on any atom is 0.226 e. The van der Waals surface area contributed by atoms with Crippen LogP contribution < -0.4 is 10.1 Å². The molecule has 1 N–H and O–H groups in total. The number of rotatable bonds is 6. The van der Waals surface area contributed by atoms with E-state index in [1.807, 2.05) is 38.1 Å². The minimum Gasteiger partial charge on any atom is -0.497 e. The first-order chi connectivity index (χ1) is 12.0. The third-order valence-electron chi connectivity index (χ3n) is 3.36. The third kappa shape index (κ3) is 4.67. The first kappa shape index (κ1) is 17.6. The summed E-state index contributed by atoms with van der Waals surface area (Å²) in [5.41, 5.74) is 2.72. The Kier molecular flexibility index (Phi) is 5.50. The molecule has 0 aliphatic heterocycles. The van der Waals surface area contributed by atoms with Gasteiger partial charge in [-0.1, -0.05) is 23.1 Å². The lowest BCUT2D eigenvalue weighted by Crippen LogP contribution is -2.12. The fourth-order valence-electron chi connectivity index (χ4n) is 2.26. The first-order valence-corrected chi connectivity index (χ1v) is 9.53. The molecule has 0 unspecified atom stereocenters. The van der Waals surface area contributed by atoms with E-state index in [1.165, 1.54) is 23.1 Å². The number of thioether (sulfide) groups is 1. The Morgan fingerprint density at radius 1 is 1.20 bits per heavy atom. The molecule has 0 radical (unpaired) electrons. The van der Waals surface area contributed by atoms with Crippen molar-refractivity contribution in [2.75, 3.05) is 18.2 Å². The molecule has 130 valence electrons. The zero-order valence-electron chi connectivity index (χ0n) is 14.2. The molecular formula is C17H18N4O2S2. The number of fused-ring (bicyclic) bond motifs is 1. The van der Waals surface area contributed by atoms with Crippen molar-refractivity contribution in [3.63, 3.8) is 0 Å². The molecule has 0 bridgehead atoms. The van der Waals surface area contributed by atoms with Crippen LogP contribution in [-0.2, 0) is 4.79 Å². The molecule has 1 amide bonds. The lowest BCUT2D eigenvalue weighted by molar-refractivity contribution is -0.115. The molecule has 6 nitrogen and oxygen atoms in total. The second-order valence-corrected chi connectivity index (χ2v) is 7.53. The quantitative estimate of drug-likeness (QED) is 0.522. The zero-order chi connectivity index (χ0) is 17.8. The van der Waals surface area contributed by atoms with Gasteiger partial charge in [0.25, 0.3) is 0 Å². The molecule has 0 aliphatic rings. The number of amides is 1. The summed E-state index contributed by atoms with van der Waals surface area (Å²) in [5, 5.41) is 4.16. The number of thiazole rings is 1. The highest BCUT2D eigenvalue weighted by atomic mass is 32.2. The summed E-state index contributed by atoms with van der Waals surface area (Å²) < 4.78 is 6.18. The Bertz CT molecular complexity index is 891. The van der Waals surface area contributed by atoms with E-state index < -0.39 is 0 Å². The van der Waals surface area contributed by atoms with E-state index >= 15 is 0 Å². The van der Waals surface area contributed by atoms with Crippen LogP contribution in [0.5, 0.6) is 5.75 Å². The average Bonchev–Trinajstić information content (AvgIpc) is 2.94. The van der Waals surface area contributed by atoms with Crippen molar-refractivity contribution in [3.8, 4) is 5.75 Å². The molecule has 0 saturated carbocycles. The van der Waals surface area contributed by atoms with Gasteiger partial charge in [0.2, 0.25) is 5.91 Å². The summed E-state index contributed by atoms with van der Waals surface area (Å²) in [6.07, 6.45) is 0.375. The minimum absolute atomic E-state index is 0.0668. The summed E-state index contributed by atoms with van der Waals surface area (Å²) in [7, 11) is 1.63. The number of carbonyl (C=O) groups excluding carboxylic acids is 1. The number of carbonyl (C=O) groups is 1. The van der Waals surface area contributed by atoms with Crippen LogP contribution in [-0.4, -0.2) is 33.7 Å². The van der Waals surface area contributed by atoms with Crippen LogP contribution in [0.4, 0.5) is 5.13 Å². The van der Waals surface area contributed by atoms with Crippen molar-refractivity contribution < 1.29 is 9.53 Å². The highest BCUT2D eigenvalue weighted by Crippen LogP contribution is 2.29. The molecule has 8 heteroatoms. The van der Waals surface area contributed by atoms with Crippen LogP contribution in [0.2, 0.25) is 0 Å². The van der Waals surface area contributed by atoms with Gasteiger partial charge in [0.05, 0.1) is 17.3 Å². The van der Waals surface area contributed by atoms with Gasteiger partial charge >= 0.3 is 0 Å². The van der Waals surface area contributed by atoms with Crippen molar-refractivity contribution in [2.24, 2.45) is 0 Å². The Morgan fingerprint density at radius 3 is 2.68 bits per heavy atom. The molecule has 3 aromatic rings. The van der Waals surface area contributed by atoms with Crippen molar-refractivity contribution in [1.82, 2.24) is 15.0 Å². The lowest BCUT2D eigenvalue weighted by atomic mass is 10.3. The van der Waals surface area contributed by atoms with Gasteiger partial charge < -0.3 is 10.1 Å². The number of methoxy groups -OCH3 is 1. The molecule has 1 aromatic carbocycles. The topological polar surface area (TPSA) is 77.0 Å². The Labute approximate surface area is 154 Å². The number of aromatic nitrogens is 3. The predicted molar refractivity (Wildman–Crippen MR) is 102 cm³/mol. The number of ether oxygens (including phenoxy) is 1. The van der Waals surface area contributed by atoms with E-state index in [9.17, 15) is 4.79 Å². The first-order valence-electron chi connectivity index (χ1n) is 7.73. The monoisotopic (exact) mass is 374 g/mol. The number of anilines is 1. The van der Waals surface area contributed by atoms with Gasteiger partial charge in [0.1, 0.15) is 5.75 Å². The molecule has 0 spiro atoms. The maximum atomic E-state index is 12.1. The maximum absolute atomic E-state index is 12.1. The van der Waals surface area contributed by atoms with Crippen LogP contribution >= 0.6 is 23.1 Å². The number of hydrogen-bond acceptors (Lipinski definition) is 7. The smallest absolute Gasteiger partial charge is 0.226 e. The van der Waals surface area contributed by atoms with Gasteiger partial charge in [-0.25, -0.2) is 15.0 Å². The number of aryl methyl sites for hydroxylation is 2. The van der Waals surface area contributed by atoms with E-state index in [2.05, 4.69) is 20.3 Å². The Balaban J connectivity index is 1.55. The highest BCUT2D eigenvalue weighted by Gasteiger charge is 2.09. The Hall–Kier alpha value is -2.19. The van der Waals surface area contributed by atoms with E-state index in [-0.39, 0.29) is 5.91 Å². The number of benzene rings is 1. The van der Waals surface area contributed by atoms with Gasteiger partial charge in [-0.15, -0.1) is 0 Å². The second kappa shape index (κ2) is 7.79. The number of hydrogen-bond donors (Lipinski definition) is 1. The summed E-state index contributed by atoms with van der Waals surface area (Å²) >= 11 is 2.92. The molecule has 0 aliphatic carbocycles. The summed E-state index contributed by atoms with van der Waals surface area (Å²) in [6.45, 7) is 3.88. The van der Waals surface area contributed by atoms with Crippen molar-refractivity contribution >= 4 is 44.4 Å². The second-order valence-electron chi connectivity index (χ2n) is 5.43. The average molecular weight is 374 g/mol. The SMILES string of the molecule is COc1ccc2nc(NC(=O)CCSc3nc(C)cc(C)n3)sc2c1. The van der Waals surface area contributed by atoms with Gasteiger partial charge in [0, 0.05) is 23.6 Å². The van der Waals surface area contributed by atoms with Crippen molar-refractivity contribution in [1.29, 1.82) is 0 Å². The van der Waals surface area contributed by atoms with Crippen LogP contribution in [0, 0.1) is 13.8 Å². The van der Waals surface area contributed by atoms with E-state index in [0.29, 0.717) is 22.5 Å². The van der Waals surface area contributed by atoms with Gasteiger partial charge in [0.15, 0.2) is 10.3 Å². The standard InChI is InChI=1S/C17H18N4O2S2/c1-10-8-11(2)19-16(18-10)24-7-6-15(22)21-17-20-13-5-4-12(23-3)9-14(13)25-17/h4-5,8-9H,6-7H2,1-3H3,(H,20,21,22). The molecule has 2 aromatic heterocycles. The zero-order valence-corrected chi connectivity index (χ0v) is 15.8. The largest absolute Gasteiger partial charge is 0.497 e. The highest BCUT2D eigenvalue weighted by molar-refractivity contribution is 7.99.